The third-order valence-corrected chi connectivity index (χ3v) is 3.74. The molecular formula is C18H26N4O6. The van der Waals surface area contributed by atoms with Crippen molar-refractivity contribution in [1.29, 1.82) is 0 Å². The number of urea groups is 2. The summed E-state index contributed by atoms with van der Waals surface area (Å²) in [6.07, 6.45) is 1.14. The monoisotopic (exact) mass is 394 g/mol. The van der Waals surface area contributed by atoms with Gasteiger partial charge in [-0.25, -0.2) is 14.4 Å². The first kappa shape index (κ1) is 22.7. The fourth-order valence-electron chi connectivity index (χ4n) is 2.36. The van der Waals surface area contributed by atoms with Gasteiger partial charge in [-0.1, -0.05) is 29.8 Å². The van der Waals surface area contributed by atoms with E-state index in [2.05, 4.69) is 16.0 Å². The highest BCUT2D eigenvalue weighted by Crippen LogP contribution is 2.03. The molecule has 1 aromatic carbocycles. The lowest BCUT2D eigenvalue weighted by Crippen LogP contribution is -2.47. The smallest absolute Gasteiger partial charge is 0.326 e. The van der Waals surface area contributed by atoms with E-state index in [9.17, 15) is 19.2 Å². The lowest BCUT2D eigenvalue weighted by molar-refractivity contribution is -0.139. The number of amides is 4. The van der Waals surface area contributed by atoms with Crippen molar-refractivity contribution in [3.63, 3.8) is 0 Å². The Kier molecular flexibility index (Phi) is 9.87. The van der Waals surface area contributed by atoms with Crippen molar-refractivity contribution < 1.29 is 29.4 Å². The summed E-state index contributed by atoms with van der Waals surface area (Å²) in [7, 11) is 0. The fourth-order valence-corrected chi connectivity index (χ4v) is 2.36. The first-order valence-electron chi connectivity index (χ1n) is 8.84. The van der Waals surface area contributed by atoms with E-state index in [1.807, 2.05) is 36.5 Å². The molecule has 0 aliphatic rings. The van der Waals surface area contributed by atoms with Crippen molar-refractivity contribution in [3.8, 4) is 0 Å². The molecule has 0 aromatic heterocycles. The number of carboxylic acid groups (broad SMARTS) is 2. The number of nitrogens with one attached hydrogen (secondary N) is 4. The molecule has 1 unspecified atom stereocenters. The second-order valence-corrected chi connectivity index (χ2v) is 6.21. The summed E-state index contributed by atoms with van der Waals surface area (Å²) >= 11 is 0. The van der Waals surface area contributed by atoms with Crippen LogP contribution in [0.1, 0.15) is 30.4 Å². The van der Waals surface area contributed by atoms with Crippen LogP contribution in [0.2, 0.25) is 0 Å². The molecule has 10 heteroatoms. The predicted octanol–water partition coefficient (Wildman–Crippen LogP) is 0.802. The van der Waals surface area contributed by atoms with Gasteiger partial charge in [0.2, 0.25) is 0 Å². The third-order valence-electron chi connectivity index (χ3n) is 3.74. The molecular weight excluding hydrogens is 368 g/mol. The Hall–Kier alpha value is -3.30. The van der Waals surface area contributed by atoms with Gasteiger partial charge in [0, 0.05) is 13.1 Å². The van der Waals surface area contributed by atoms with Crippen molar-refractivity contribution in [2.45, 2.75) is 38.8 Å². The van der Waals surface area contributed by atoms with Crippen LogP contribution in [0.25, 0.3) is 0 Å². The standard InChI is InChI=1S/C18H26N4O6/c1-12-5-4-6-13(9-12)10-20-17(27)19-8-3-2-7-14(16(25)26)22-18(28)21-11-15(23)24/h4-6,9,14H,2-3,7-8,10-11H2,1H3,(H,23,24)(H,25,26)(H2,19,20,27)(H2,21,22,28). The Morgan fingerprint density at radius 3 is 2.39 bits per heavy atom. The zero-order valence-corrected chi connectivity index (χ0v) is 15.7. The quantitative estimate of drug-likeness (QED) is 0.305. The lowest BCUT2D eigenvalue weighted by atomic mass is 10.1. The first-order chi connectivity index (χ1) is 13.3. The molecule has 0 saturated carbocycles. The molecule has 4 amide bonds. The van der Waals surface area contributed by atoms with E-state index in [-0.39, 0.29) is 12.5 Å². The van der Waals surface area contributed by atoms with Gasteiger partial charge in [0.05, 0.1) is 0 Å². The average molecular weight is 394 g/mol. The molecule has 0 aliphatic heterocycles. The fraction of sp³-hybridized carbons (Fsp3) is 0.444. The molecule has 6 N–H and O–H groups in total. The normalized spacial score (nSPS) is 11.2. The number of hydrogen-bond acceptors (Lipinski definition) is 4. The van der Waals surface area contributed by atoms with Crippen molar-refractivity contribution in [2.24, 2.45) is 0 Å². The van der Waals surface area contributed by atoms with Crippen LogP contribution in [0.15, 0.2) is 24.3 Å². The van der Waals surface area contributed by atoms with Crippen LogP contribution in [0.4, 0.5) is 9.59 Å². The number of aryl methyl sites for hydroxylation is 1. The SMILES string of the molecule is Cc1cccc(CNC(=O)NCCCCC(NC(=O)NCC(=O)O)C(=O)O)c1. The molecule has 1 rings (SSSR count). The number of carbonyl (C=O) groups excluding carboxylic acids is 2. The van der Waals surface area contributed by atoms with E-state index in [0.717, 1.165) is 11.1 Å². The minimum Gasteiger partial charge on any atom is -0.480 e. The number of rotatable bonds is 11. The molecule has 0 fully saturated rings. The Balaban J connectivity index is 2.20. The number of aliphatic carboxylic acids is 2. The summed E-state index contributed by atoms with van der Waals surface area (Å²) in [5.41, 5.74) is 2.10. The minimum atomic E-state index is -1.23. The van der Waals surface area contributed by atoms with Gasteiger partial charge in [-0.2, -0.15) is 0 Å². The molecule has 0 saturated heterocycles. The summed E-state index contributed by atoms with van der Waals surface area (Å²) in [6, 6.07) is 5.47. The highest BCUT2D eigenvalue weighted by atomic mass is 16.4. The number of unbranched alkanes of at least 4 members (excludes halogenated alkanes) is 1. The van der Waals surface area contributed by atoms with Crippen LogP contribution in [-0.4, -0.2) is 53.3 Å². The van der Waals surface area contributed by atoms with E-state index in [1.54, 1.807) is 0 Å². The van der Waals surface area contributed by atoms with Crippen LogP contribution >= 0.6 is 0 Å². The Morgan fingerprint density at radius 1 is 1.00 bits per heavy atom. The highest BCUT2D eigenvalue weighted by molar-refractivity contribution is 5.84. The van der Waals surface area contributed by atoms with Gasteiger partial charge < -0.3 is 31.5 Å². The van der Waals surface area contributed by atoms with Crippen LogP contribution in [0.3, 0.4) is 0 Å². The van der Waals surface area contributed by atoms with Gasteiger partial charge in [0.1, 0.15) is 12.6 Å². The van der Waals surface area contributed by atoms with Crippen LogP contribution in [-0.2, 0) is 16.1 Å². The second-order valence-electron chi connectivity index (χ2n) is 6.21. The second kappa shape index (κ2) is 12.2. The van der Waals surface area contributed by atoms with Gasteiger partial charge in [-0.15, -0.1) is 0 Å². The van der Waals surface area contributed by atoms with E-state index in [1.165, 1.54) is 0 Å². The molecule has 10 nitrogen and oxygen atoms in total. The van der Waals surface area contributed by atoms with Crippen LogP contribution in [0, 0.1) is 6.92 Å². The maximum atomic E-state index is 11.7. The Bertz CT molecular complexity index is 694. The van der Waals surface area contributed by atoms with E-state index in [4.69, 9.17) is 10.2 Å². The molecule has 0 spiro atoms. The highest BCUT2D eigenvalue weighted by Gasteiger charge is 2.19. The van der Waals surface area contributed by atoms with Gasteiger partial charge in [-0.05, 0) is 31.7 Å². The molecule has 0 heterocycles. The Labute approximate surface area is 162 Å². The summed E-state index contributed by atoms with van der Waals surface area (Å²) in [4.78, 5) is 44.7. The zero-order chi connectivity index (χ0) is 20.9. The molecule has 154 valence electrons. The van der Waals surface area contributed by atoms with Crippen molar-refractivity contribution in [1.82, 2.24) is 21.3 Å². The molecule has 28 heavy (non-hydrogen) atoms. The third kappa shape index (κ3) is 10.00. The number of hydrogen-bond donors (Lipinski definition) is 6. The maximum Gasteiger partial charge on any atom is 0.326 e. The Morgan fingerprint density at radius 2 is 1.75 bits per heavy atom. The van der Waals surface area contributed by atoms with E-state index >= 15 is 0 Å². The average Bonchev–Trinajstić information content (AvgIpc) is 2.63. The molecule has 1 atom stereocenters. The topological polar surface area (TPSA) is 157 Å². The number of carbonyl (C=O) groups is 4. The molecule has 0 aliphatic carbocycles. The van der Waals surface area contributed by atoms with Crippen molar-refractivity contribution in [3.05, 3.63) is 35.4 Å². The predicted molar refractivity (Wildman–Crippen MR) is 101 cm³/mol. The number of carboxylic acids is 2. The van der Waals surface area contributed by atoms with E-state index in [0.29, 0.717) is 25.9 Å². The summed E-state index contributed by atoms with van der Waals surface area (Å²) in [5.74, 6) is -2.44. The lowest BCUT2D eigenvalue weighted by Gasteiger charge is -2.14. The van der Waals surface area contributed by atoms with Crippen LogP contribution in [0.5, 0.6) is 0 Å². The molecule has 1 aromatic rings. The molecule has 0 bridgehead atoms. The van der Waals surface area contributed by atoms with Gasteiger partial charge in [0.25, 0.3) is 0 Å². The summed E-state index contributed by atoms with van der Waals surface area (Å²) in [6.45, 7) is 2.14. The minimum absolute atomic E-state index is 0.155. The largest absolute Gasteiger partial charge is 0.480 e. The van der Waals surface area contributed by atoms with Gasteiger partial charge in [0.15, 0.2) is 0 Å². The summed E-state index contributed by atoms with van der Waals surface area (Å²) in [5, 5.41) is 27.2. The molecule has 0 radical (unpaired) electrons. The first-order valence-corrected chi connectivity index (χ1v) is 8.84. The van der Waals surface area contributed by atoms with E-state index < -0.39 is 30.6 Å². The summed E-state index contributed by atoms with van der Waals surface area (Å²) < 4.78 is 0. The van der Waals surface area contributed by atoms with Gasteiger partial charge >= 0.3 is 24.0 Å². The van der Waals surface area contributed by atoms with Crippen molar-refractivity contribution in [2.75, 3.05) is 13.1 Å². The van der Waals surface area contributed by atoms with Crippen LogP contribution < -0.4 is 21.3 Å². The van der Waals surface area contributed by atoms with Gasteiger partial charge in [-0.3, -0.25) is 4.79 Å². The zero-order valence-electron chi connectivity index (χ0n) is 15.7. The number of benzene rings is 1. The maximum absolute atomic E-state index is 11.7. The van der Waals surface area contributed by atoms with Crippen molar-refractivity contribution >= 4 is 24.0 Å².